The zero-order valence-electron chi connectivity index (χ0n) is 56.4. The van der Waals surface area contributed by atoms with Gasteiger partial charge in [0.2, 0.25) is 5.91 Å². The van der Waals surface area contributed by atoms with Gasteiger partial charge in [-0.05, 0) is 83.5 Å². The average molecular weight is 1320 g/mol. The van der Waals surface area contributed by atoms with E-state index in [-0.39, 0.29) is 18.9 Å². The van der Waals surface area contributed by atoms with E-state index in [0.717, 1.165) is 96.3 Å². The number of hydrogen-bond donors (Lipinski definition) is 12. The van der Waals surface area contributed by atoms with E-state index in [1.165, 1.54) is 83.5 Å². The lowest BCUT2D eigenvalue weighted by molar-refractivity contribution is -0.379. The molecule has 17 atom stereocenters. The first-order valence-corrected chi connectivity index (χ1v) is 35.6. The third kappa shape index (κ3) is 36.0. The summed E-state index contributed by atoms with van der Waals surface area (Å²) in [5, 5.41) is 121. The first kappa shape index (κ1) is 83.7. The van der Waals surface area contributed by atoms with Crippen molar-refractivity contribution in [1.29, 1.82) is 0 Å². The van der Waals surface area contributed by atoms with E-state index in [1.54, 1.807) is 0 Å². The lowest BCUT2D eigenvalue weighted by atomic mass is 9.96. The van der Waals surface area contributed by atoms with Crippen molar-refractivity contribution in [3.05, 3.63) is 109 Å². The Morgan fingerprint density at radius 1 is 0.398 bits per heavy atom. The van der Waals surface area contributed by atoms with Crippen molar-refractivity contribution in [2.75, 3.05) is 26.4 Å². The number of ether oxygens (including phenoxy) is 6. The molecule has 0 aromatic rings. The maximum atomic E-state index is 13.4. The second kappa shape index (κ2) is 54.5. The standard InChI is InChI=1S/C74H125NO18/c1-3-5-7-9-11-13-15-17-19-21-22-23-24-25-26-27-28-29-30-31-32-33-34-36-38-40-42-44-46-48-50-52-62(80)75-57(58(79)51-49-47-45-43-41-39-37-35-20-18-16-14-12-10-8-6-4-2)56-88-72-68(86)65(83)70(60(54-77)90-72)93-74-69(87)66(84)71(61(55-78)91-74)92-73-67(85)64(82)63(81)59(53-76)89-73/h5,7,11,13,17,19,22-23,25-26,28-29,31-32,34,36,40,42,57-61,63-74,76-79,81-87H,3-4,6,8-10,12,14-16,18,20-21,24,27,30,33,35,37-39,41,43-56H2,1-2H3,(H,75,80)/b7-5-,13-11-,19-17-,23-22-,26-25-,29-28-,32-31-,36-34-,42-40-. The van der Waals surface area contributed by atoms with Crippen LogP contribution in [-0.2, 0) is 33.2 Å². The van der Waals surface area contributed by atoms with Crippen LogP contribution < -0.4 is 5.32 Å². The molecule has 1 amide bonds. The second-order valence-electron chi connectivity index (χ2n) is 25.0. The van der Waals surface area contributed by atoms with E-state index in [4.69, 9.17) is 28.4 Å². The molecular formula is C74H125NO18. The molecule has 0 aromatic carbocycles. The zero-order valence-corrected chi connectivity index (χ0v) is 56.4. The highest BCUT2D eigenvalue weighted by Crippen LogP contribution is 2.33. The summed E-state index contributed by atoms with van der Waals surface area (Å²) in [7, 11) is 0. The lowest BCUT2D eigenvalue weighted by Crippen LogP contribution is -2.66. The number of allylic oxidation sites excluding steroid dienone is 18. The third-order valence-electron chi connectivity index (χ3n) is 17.1. The highest BCUT2D eigenvalue weighted by molar-refractivity contribution is 5.76. The molecule has 19 heteroatoms. The lowest BCUT2D eigenvalue weighted by Gasteiger charge is -2.48. The van der Waals surface area contributed by atoms with Crippen LogP contribution in [0.4, 0.5) is 0 Å². The zero-order chi connectivity index (χ0) is 67.5. The monoisotopic (exact) mass is 1320 g/mol. The number of carbonyl (C=O) groups excluding carboxylic acids is 1. The van der Waals surface area contributed by atoms with Gasteiger partial charge >= 0.3 is 0 Å². The van der Waals surface area contributed by atoms with Crippen LogP contribution in [0.2, 0.25) is 0 Å². The smallest absolute Gasteiger partial charge is 0.220 e. The van der Waals surface area contributed by atoms with Gasteiger partial charge in [-0.3, -0.25) is 4.79 Å². The molecule has 3 rings (SSSR count). The van der Waals surface area contributed by atoms with Gasteiger partial charge in [-0.1, -0.05) is 239 Å². The van der Waals surface area contributed by atoms with Crippen molar-refractivity contribution in [2.45, 2.75) is 324 Å². The van der Waals surface area contributed by atoms with E-state index < -0.39 is 124 Å². The highest BCUT2D eigenvalue weighted by atomic mass is 16.8. The van der Waals surface area contributed by atoms with E-state index in [2.05, 4.69) is 129 Å². The van der Waals surface area contributed by atoms with Crippen molar-refractivity contribution in [3.8, 4) is 0 Å². The summed E-state index contributed by atoms with van der Waals surface area (Å²) in [6, 6.07) is -0.914. The third-order valence-corrected chi connectivity index (χ3v) is 17.1. The van der Waals surface area contributed by atoms with Crippen molar-refractivity contribution in [1.82, 2.24) is 5.32 Å². The summed E-state index contributed by atoms with van der Waals surface area (Å²) < 4.78 is 34.4. The van der Waals surface area contributed by atoms with Crippen LogP contribution in [0, 0.1) is 0 Å². The maximum absolute atomic E-state index is 13.4. The van der Waals surface area contributed by atoms with Crippen molar-refractivity contribution < 1.29 is 89.4 Å². The first-order valence-electron chi connectivity index (χ1n) is 35.6. The minimum Gasteiger partial charge on any atom is -0.394 e. The van der Waals surface area contributed by atoms with Crippen LogP contribution in [0.1, 0.15) is 219 Å². The molecule has 0 saturated carbocycles. The summed E-state index contributed by atoms with van der Waals surface area (Å²) in [4.78, 5) is 13.4. The number of aliphatic hydroxyl groups excluding tert-OH is 11. The van der Waals surface area contributed by atoms with Gasteiger partial charge in [0.1, 0.15) is 73.2 Å². The Morgan fingerprint density at radius 2 is 0.742 bits per heavy atom. The Hall–Kier alpha value is -3.55. The number of nitrogens with one attached hydrogen (secondary N) is 1. The fraction of sp³-hybridized carbons (Fsp3) is 0.743. The van der Waals surface area contributed by atoms with E-state index >= 15 is 0 Å². The van der Waals surface area contributed by atoms with Crippen molar-refractivity contribution in [3.63, 3.8) is 0 Å². The SMILES string of the molecule is CC/C=C\C/C=C\C/C=C\C/C=C\C/C=C\C/C=C\C/C=C\C/C=C\C/C=C\CCCCCC(=O)NC(COC1OC(CO)C(OC2OC(CO)C(OC3OC(CO)C(O)C(O)C3O)C(O)C2O)C(O)C1O)C(O)CCCCCCCCCCCCCCCCCCC. The van der Waals surface area contributed by atoms with E-state index in [1.807, 2.05) is 0 Å². The van der Waals surface area contributed by atoms with Gasteiger partial charge in [-0.2, -0.15) is 0 Å². The fourth-order valence-electron chi connectivity index (χ4n) is 11.4. The van der Waals surface area contributed by atoms with Gasteiger partial charge < -0.3 is 89.9 Å². The summed E-state index contributed by atoms with van der Waals surface area (Å²) in [5.74, 6) is -0.278. The molecule has 3 aliphatic rings. The van der Waals surface area contributed by atoms with Gasteiger partial charge in [0.05, 0.1) is 38.6 Å². The summed E-state index contributed by atoms with van der Waals surface area (Å²) in [6.07, 6.45) is 45.9. The van der Waals surface area contributed by atoms with Crippen LogP contribution in [0.5, 0.6) is 0 Å². The van der Waals surface area contributed by atoms with Crippen molar-refractivity contribution in [2.24, 2.45) is 0 Å². The van der Waals surface area contributed by atoms with Gasteiger partial charge in [0.15, 0.2) is 18.9 Å². The number of aliphatic hydroxyl groups is 11. The summed E-state index contributed by atoms with van der Waals surface area (Å²) in [6.45, 7) is 1.65. The number of hydrogen-bond acceptors (Lipinski definition) is 18. The maximum Gasteiger partial charge on any atom is 0.220 e. The van der Waals surface area contributed by atoms with E-state index in [0.29, 0.717) is 19.3 Å². The van der Waals surface area contributed by atoms with Gasteiger partial charge in [-0.25, -0.2) is 0 Å². The molecule has 0 aliphatic carbocycles. The van der Waals surface area contributed by atoms with Crippen LogP contribution in [0.3, 0.4) is 0 Å². The molecule has 3 saturated heterocycles. The molecule has 534 valence electrons. The molecule has 93 heavy (non-hydrogen) atoms. The number of rotatable bonds is 53. The van der Waals surface area contributed by atoms with Crippen LogP contribution in [0.25, 0.3) is 0 Å². The summed E-state index contributed by atoms with van der Waals surface area (Å²) in [5.41, 5.74) is 0. The molecule has 3 fully saturated rings. The number of amides is 1. The second-order valence-corrected chi connectivity index (χ2v) is 25.0. The Bertz CT molecular complexity index is 2110. The molecule has 3 aliphatic heterocycles. The molecule has 0 bridgehead atoms. The predicted molar refractivity (Wildman–Crippen MR) is 364 cm³/mol. The normalized spacial score (nSPS) is 28.2. The first-order chi connectivity index (χ1) is 45.3. The van der Waals surface area contributed by atoms with Crippen LogP contribution in [0.15, 0.2) is 109 Å². The Kier molecular flexibility index (Phi) is 49.0. The molecule has 17 unspecified atom stereocenters. The van der Waals surface area contributed by atoms with Gasteiger partial charge in [0.25, 0.3) is 0 Å². The minimum atomic E-state index is -1.98. The molecule has 3 heterocycles. The number of unbranched alkanes of at least 4 members (excludes halogenated alkanes) is 19. The molecular weight excluding hydrogens is 1190 g/mol. The van der Waals surface area contributed by atoms with E-state index in [9.17, 15) is 61.0 Å². The highest BCUT2D eigenvalue weighted by Gasteiger charge is 2.53. The van der Waals surface area contributed by atoms with Crippen molar-refractivity contribution >= 4 is 5.91 Å². The van der Waals surface area contributed by atoms with Gasteiger partial charge in [0, 0.05) is 6.42 Å². The average Bonchev–Trinajstić information content (AvgIpc) is 0.900. The molecule has 12 N–H and O–H groups in total. The largest absolute Gasteiger partial charge is 0.394 e. The molecule has 0 radical (unpaired) electrons. The van der Waals surface area contributed by atoms with Gasteiger partial charge in [-0.15, -0.1) is 0 Å². The molecule has 0 aromatic heterocycles. The molecule has 0 spiro atoms. The minimum absolute atomic E-state index is 0.219. The Labute approximate surface area is 557 Å². The Morgan fingerprint density at radius 3 is 1.15 bits per heavy atom. The topological polar surface area (TPSA) is 307 Å². The van der Waals surface area contributed by atoms with Crippen LogP contribution >= 0.6 is 0 Å². The predicted octanol–water partition coefficient (Wildman–Crippen LogP) is 9.83. The fourth-order valence-corrected chi connectivity index (χ4v) is 11.4. The summed E-state index contributed by atoms with van der Waals surface area (Å²) >= 11 is 0. The Balaban J connectivity index is 1.43. The number of carbonyl (C=O) groups is 1. The molecule has 19 nitrogen and oxygen atoms in total. The quantitative estimate of drug-likeness (QED) is 0.0199. The van der Waals surface area contributed by atoms with Crippen LogP contribution in [-0.4, -0.2) is 193 Å².